The van der Waals surface area contributed by atoms with Crippen LogP contribution in [0.1, 0.15) is 24.0 Å². The van der Waals surface area contributed by atoms with Crippen molar-refractivity contribution < 1.29 is 0 Å². The summed E-state index contributed by atoms with van der Waals surface area (Å²) in [6.45, 7) is 6.20. The second kappa shape index (κ2) is 4.49. The number of nitrogens with zero attached hydrogens (tertiary/aromatic N) is 4. The van der Waals surface area contributed by atoms with Crippen molar-refractivity contribution in [1.29, 1.82) is 0 Å². The van der Waals surface area contributed by atoms with E-state index in [0.29, 0.717) is 6.54 Å². The lowest BCUT2D eigenvalue weighted by atomic mass is 10.3. The normalized spacial score (nSPS) is 10.9. The van der Waals surface area contributed by atoms with Crippen LogP contribution in [0.4, 0.5) is 0 Å². The van der Waals surface area contributed by atoms with Gasteiger partial charge >= 0.3 is 0 Å². The van der Waals surface area contributed by atoms with Gasteiger partial charge in [0.05, 0.1) is 23.6 Å². The molecule has 2 heterocycles. The van der Waals surface area contributed by atoms with Crippen molar-refractivity contribution in [3.63, 3.8) is 0 Å². The van der Waals surface area contributed by atoms with Crippen LogP contribution in [-0.2, 0) is 19.6 Å². The van der Waals surface area contributed by atoms with Gasteiger partial charge in [-0.05, 0) is 26.0 Å². The quantitative estimate of drug-likeness (QED) is 0.831. The SMILES string of the molecule is CCn1nc(C)cc1Cn1ccc(CN)n1. The maximum absolute atomic E-state index is 5.52. The molecule has 0 bridgehead atoms. The fraction of sp³-hybridized carbons (Fsp3) is 0.455. The van der Waals surface area contributed by atoms with E-state index in [4.69, 9.17) is 5.73 Å². The van der Waals surface area contributed by atoms with Crippen molar-refractivity contribution in [2.75, 3.05) is 0 Å². The van der Waals surface area contributed by atoms with Gasteiger partial charge in [-0.15, -0.1) is 0 Å². The Balaban J connectivity index is 2.19. The highest BCUT2D eigenvalue weighted by molar-refractivity contribution is 5.10. The molecule has 0 aliphatic rings. The average molecular weight is 219 g/mol. The first-order valence-corrected chi connectivity index (χ1v) is 5.48. The van der Waals surface area contributed by atoms with Crippen LogP contribution in [0.5, 0.6) is 0 Å². The largest absolute Gasteiger partial charge is 0.325 e. The van der Waals surface area contributed by atoms with Crippen LogP contribution in [-0.4, -0.2) is 19.6 Å². The Morgan fingerprint density at radius 1 is 1.38 bits per heavy atom. The van der Waals surface area contributed by atoms with E-state index in [1.54, 1.807) is 0 Å². The van der Waals surface area contributed by atoms with Crippen LogP contribution in [0.15, 0.2) is 18.3 Å². The summed E-state index contributed by atoms with van der Waals surface area (Å²) < 4.78 is 3.89. The predicted octanol–water partition coefficient (Wildman–Crippen LogP) is 0.915. The molecule has 0 spiro atoms. The first-order valence-electron chi connectivity index (χ1n) is 5.48. The molecular formula is C11H17N5. The molecule has 0 amide bonds. The van der Waals surface area contributed by atoms with Crippen LogP contribution in [0.2, 0.25) is 0 Å². The Kier molecular flexibility index (Phi) is 3.05. The van der Waals surface area contributed by atoms with E-state index in [-0.39, 0.29) is 0 Å². The zero-order valence-electron chi connectivity index (χ0n) is 9.72. The first kappa shape index (κ1) is 10.9. The summed E-state index contributed by atoms with van der Waals surface area (Å²) in [6.07, 6.45) is 1.95. The van der Waals surface area contributed by atoms with E-state index >= 15 is 0 Å². The van der Waals surface area contributed by atoms with Crippen molar-refractivity contribution in [3.05, 3.63) is 35.4 Å². The molecule has 86 valence electrons. The molecule has 0 unspecified atom stereocenters. The van der Waals surface area contributed by atoms with Crippen molar-refractivity contribution in [1.82, 2.24) is 19.6 Å². The maximum Gasteiger partial charge on any atom is 0.0828 e. The molecule has 2 aromatic rings. The third kappa shape index (κ3) is 2.14. The van der Waals surface area contributed by atoms with E-state index in [2.05, 4.69) is 23.2 Å². The van der Waals surface area contributed by atoms with Crippen LogP contribution in [0.3, 0.4) is 0 Å². The summed E-state index contributed by atoms with van der Waals surface area (Å²) in [5.41, 5.74) is 8.66. The van der Waals surface area contributed by atoms with E-state index in [1.807, 2.05) is 28.6 Å². The van der Waals surface area contributed by atoms with Gasteiger partial charge in [-0.3, -0.25) is 9.36 Å². The molecule has 0 radical (unpaired) electrons. The number of aryl methyl sites for hydroxylation is 2. The zero-order valence-corrected chi connectivity index (χ0v) is 9.72. The fourth-order valence-corrected chi connectivity index (χ4v) is 1.77. The topological polar surface area (TPSA) is 61.7 Å². The van der Waals surface area contributed by atoms with Crippen LogP contribution >= 0.6 is 0 Å². The van der Waals surface area contributed by atoms with Crippen molar-refractivity contribution in [3.8, 4) is 0 Å². The molecule has 0 saturated heterocycles. The smallest absolute Gasteiger partial charge is 0.0828 e. The standard InChI is InChI=1S/C11H17N5/c1-3-16-11(6-9(2)13-16)8-15-5-4-10(7-12)14-15/h4-6H,3,7-8,12H2,1-2H3. The molecule has 2 rings (SSSR count). The molecule has 0 aliphatic heterocycles. The van der Waals surface area contributed by atoms with Gasteiger partial charge in [-0.2, -0.15) is 10.2 Å². The van der Waals surface area contributed by atoms with Gasteiger partial charge in [0.15, 0.2) is 0 Å². The van der Waals surface area contributed by atoms with E-state index in [0.717, 1.165) is 24.5 Å². The lowest BCUT2D eigenvalue weighted by Crippen LogP contribution is -2.09. The Labute approximate surface area is 94.9 Å². The molecule has 0 fully saturated rings. The summed E-state index contributed by atoms with van der Waals surface area (Å²) in [6, 6.07) is 4.03. The van der Waals surface area contributed by atoms with E-state index < -0.39 is 0 Å². The summed E-state index contributed by atoms with van der Waals surface area (Å²) in [5, 5.41) is 8.76. The summed E-state index contributed by atoms with van der Waals surface area (Å²) in [4.78, 5) is 0. The summed E-state index contributed by atoms with van der Waals surface area (Å²) in [7, 11) is 0. The van der Waals surface area contributed by atoms with Gasteiger partial charge in [-0.1, -0.05) is 0 Å². The second-order valence-electron chi connectivity index (χ2n) is 3.80. The van der Waals surface area contributed by atoms with Crippen LogP contribution < -0.4 is 5.73 Å². The van der Waals surface area contributed by atoms with Crippen molar-refractivity contribution >= 4 is 0 Å². The third-order valence-electron chi connectivity index (χ3n) is 2.51. The van der Waals surface area contributed by atoms with E-state index in [1.165, 1.54) is 5.69 Å². The first-order chi connectivity index (χ1) is 7.72. The highest BCUT2D eigenvalue weighted by atomic mass is 15.3. The van der Waals surface area contributed by atoms with Crippen LogP contribution in [0.25, 0.3) is 0 Å². The van der Waals surface area contributed by atoms with Gasteiger partial charge in [-0.25, -0.2) is 0 Å². The molecule has 5 nitrogen and oxygen atoms in total. The third-order valence-corrected chi connectivity index (χ3v) is 2.51. The monoisotopic (exact) mass is 219 g/mol. The number of rotatable bonds is 4. The maximum atomic E-state index is 5.52. The Hall–Kier alpha value is -1.62. The number of nitrogens with two attached hydrogens (primary N) is 1. The van der Waals surface area contributed by atoms with Gasteiger partial charge in [0.2, 0.25) is 0 Å². The minimum atomic E-state index is 0.485. The molecule has 16 heavy (non-hydrogen) atoms. The lowest BCUT2D eigenvalue weighted by Gasteiger charge is -2.04. The van der Waals surface area contributed by atoms with Crippen molar-refractivity contribution in [2.24, 2.45) is 5.73 Å². The van der Waals surface area contributed by atoms with Crippen LogP contribution in [0, 0.1) is 6.92 Å². The highest BCUT2D eigenvalue weighted by Crippen LogP contribution is 2.06. The zero-order chi connectivity index (χ0) is 11.5. The number of hydrogen-bond donors (Lipinski definition) is 1. The van der Waals surface area contributed by atoms with Gasteiger partial charge in [0.1, 0.15) is 0 Å². The summed E-state index contributed by atoms with van der Waals surface area (Å²) in [5.74, 6) is 0. The molecular weight excluding hydrogens is 202 g/mol. The predicted molar refractivity (Wildman–Crippen MR) is 61.9 cm³/mol. The van der Waals surface area contributed by atoms with E-state index in [9.17, 15) is 0 Å². The highest BCUT2D eigenvalue weighted by Gasteiger charge is 2.05. The minimum absolute atomic E-state index is 0.485. The minimum Gasteiger partial charge on any atom is -0.325 e. The molecule has 0 aliphatic carbocycles. The molecule has 2 aromatic heterocycles. The lowest BCUT2D eigenvalue weighted by molar-refractivity contribution is 0.572. The second-order valence-corrected chi connectivity index (χ2v) is 3.80. The Morgan fingerprint density at radius 3 is 2.81 bits per heavy atom. The van der Waals surface area contributed by atoms with Crippen molar-refractivity contribution in [2.45, 2.75) is 33.5 Å². The summed E-state index contributed by atoms with van der Waals surface area (Å²) >= 11 is 0. The molecule has 0 saturated carbocycles. The molecule has 5 heteroatoms. The Bertz CT molecular complexity index is 468. The number of aromatic nitrogens is 4. The Morgan fingerprint density at radius 2 is 2.19 bits per heavy atom. The number of hydrogen-bond acceptors (Lipinski definition) is 3. The molecule has 0 aromatic carbocycles. The van der Waals surface area contributed by atoms with Gasteiger partial charge in [0, 0.05) is 19.3 Å². The van der Waals surface area contributed by atoms with Gasteiger partial charge in [0.25, 0.3) is 0 Å². The fourth-order valence-electron chi connectivity index (χ4n) is 1.77. The van der Waals surface area contributed by atoms with Gasteiger partial charge < -0.3 is 5.73 Å². The molecule has 2 N–H and O–H groups in total. The average Bonchev–Trinajstić information content (AvgIpc) is 2.85. The molecule has 0 atom stereocenters.